The smallest absolute Gasteiger partial charge is 0.260 e. The summed E-state index contributed by atoms with van der Waals surface area (Å²) >= 11 is 3.28. The van der Waals surface area contributed by atoms with Gasteiger partial charge in [-0.3, -0.25) is 9.69 Å². The van der Waals surface area contributed by atoms with Crippen molar-refractivity contribution in [2.24, 2.45) is 0 Å². The molecule has 4 nitrogen and oxygen atoms in total. The Hall–Kier alpha value is -1.60. The molecule has 0 saturated carbocycles. The maximum absolute atomic E-state index is 13.4. The molecule has 0 saturated heterocycles. The van der Waals surface area contributed by atoms with Crippen LogP contribution in [0.25, 0.3) is 10.2 Å². The molecule has 0 aliphatic rings. The molecule has 0 N–H and O–H groups in total. The number of amides is 1. The number of likely N-dealkylation sites (N-methyl/N-ethyl adjacent to an activating group) is 1. The summed E-state index contributed by atoms with van der Waals surface area (Å²) < 4.78 is 1.13. The van der Waals surface area contributed by atoms with Crippen LogP contribution in [0.4, 0.5) is 5.13 Å². The van der Waals surface area contributed by atoms with Gasteiger partial charge < -0.3 is 4.90 Å². The second-order valence-electron chi connectivity index (χ2n) is 7.06. The molecule has 0 fully saturated rings. The van der Waals surface area contributed by atoms with Crippen molar-refractivity contribution in [1.29, 1.82) is 0 Å². The number of hydrogen-bond donors (Lipinski definition) is 0. The number of thiazole rings is 1. The maximum atomic E-state index is 13.4. The summed E-state index contributed by atoms with van der Waals surface area (Å²) in [7, 11) is 0. The van der Waals surface area contributed by atoms with Crippen LogP contribution in [0.15, 0.2) is 41.3 Å². The van der Waals surface area contributed by atoms with E-state index in [-0.39, 0.29) is 18.3 Å². The molecule has 0 aliphatic heterocycles. The van der Waals surface area contributed by atoms with Crippen LogP contribution in [0, 0.1) is 13.8 Å². The summed E-state index contributed by atoms with van der Waals surface area (Å²) in [5.74, 6) is 0.0123. The molecule has 0 unspecified atom stereocenters. The fourth-order valence-corrected chi connectivity index (χ4v) is 4.74. The Balaban J connectivity index is 0.00000320. The third-order valence-corrected chi connectivity index (χ3v) is 7.21. The number of aromatic nitrogens is 1. The third-order valence-electron chi connectivity index (χ3n) is 5.42. The normalized spacial score (nSPS) is 11.0. The first-order valence-corrected chi connectivity index (χ1v) is 12.1. The van der Waals surface area contributed by atoms with E-state index < -0.39 is 0 Å². The first-order valence-electron chi connectivity index (χ1n) is 10.0. The van der Waals surface area contributed by atoms with E-state index in [1.54, 1.807) is 23.1 Å². The van der Waals surface area contributed by atoms with Gasteiger partial charge in [0.05, 0.1) is 10.2 Å². The average molecular weight is 464 g/mol. The Morgan fingerprint density at radius 1 is 1.03 bits per heavy atom. The van der Waals surface area contributed by atoms with Crippen molar-refractivity contribution < 1.29 is 4.79 Å². The van der Waals surface area contributed by atoms with Crippen LogP contribution in [0.1, 0.15) is 35.3 Å². The van der Waals surface area contributed by atoms with Crippen LogP contribution >= 0.6 is 35.5 Å². The zero-order valence-electron chi connectivity index (χ0n) is 18.3. The average Bonchev–Trinajstić information content (AvgIpc) is 3.18. The molecule has 1 aromatic heterocycles. The van der Waals surface area contributed by atoms with E-state index in [4.69, 9.17) is 4.98 Å². The maximum Gasteiger partial charge on any atom is 0.260 e. The van der Waals surface area contributed by atoms with Crippen molar-refractivity contribution in [2.45, 2.75) is 32.6 Å². The van der Waals surface area contributed by atoms with Crippen LogP contribution < -0.4 is 4.90 Å². The second kappa shape index (κ2) is 11.1. The SMILES string of the molecule is CCN(CC)CCN(C(=O)c1ccc(SC)cc1)c1nc2c(C)c(C)ccc2s1.Cl. The summed E-state index contributed by atoms with van der Waals surface area (Å²) in [6.07, 6.45) is 2.04. The minimum atomic E-state index is 0. The summed E-state index contributed by atoms with van der Waals surface area (Å²) in [6.45, 7) is 11.9. The predicted molar refractivity (Wildman–Crippen MR) is 134 cm³/mol. The topological polar surface area (TPSA) is 36.4 Å². The number of halogens is 1. The first-order chi connectivity index (χ1) is 14.0. The number of thioether (sulfide) groups is 1. The molecule has 3 rings (SSSR count). The van der Waals surface area contributed by atoms with Gasteiger partial charge in [0.2, 0.25) is 0 Å². The van der Waals surface area contributed by atoms with E-state index in [0.717, 1.165) is 39.9 Å². The lowest BCUT2D eigenvalue weighted by Crippen LogP contribution is -2.38. The number of carbonyl (C=O) groups is 1. The van der Waals surface area contributed by atoms with Crippen molar-refractivity contribution in [2.75, 3.05) is 37.3 Å². The molecule has 0 radical (unpaired) electrons. The monoisotopic (exact) mass is 463 g/mol. The van der Waals surface area contributed by atoms with Gasteiger partial charge in [0.1, 0.15) is 0 Å². The van der Waals surface area contributed by atoms with E-state index in [9.17, 15) is 4.79 Å². The van der Waals surface area contributed by atoms with Crippen LogP contribution in [0.3, 0.4) is 0 Å². The fourth-order valence-electron chi connectivity index (χ4n) is 3.28. The van der Waals surface area contributed by atoms with Gasteiger partial charge in [-0.15, -0.1) is 24.2 Å². The summed E-state index contributed by atoms with van der Waals surface area (Å²) in [6, 6.07) is 12.1. The molecule has 2 aromatic carbocycles. The van der Waals surface area contributed by atoms with Crippen LogP contribution in [-0.4, -0.2) is 48.2 Å². The predicted octanol–water partition coefficient (Wildman–Crippen LogP) is 6.05. The molecule has 1 amide bonds. The lowest BCUT2D eigenvalue weighted by atomic mass is 10.1. The van der Waals surface area contributed by atoms with Gasteiger partial charge in [-0.25, -0.2) is 4.98 Å². The van der Waals surface area contributed by atoms with Gasteiger partial charge in [-0.05, 0) is 74.7 Å². The van der Waals surface area contributed by atoms with Crippen molar-refractivity contribution >= 4 is 56.8 Å². The highest BCUT2D eigenvalue weighted by molar-refractivity contribution is 7.98. The first kappa shape index (κ1) is 24.7. The Bertz CT molecular complexity index is 984. The number of rotatable bonds is 8. The Morgan fingerprint density at radius 2 is 1.70 bits per heavy atom. The highest BCUT2D eigenvalue weighted by Crippen LogP contribution is 2.32. The summed E-state index contributed by atoms with van der Waals surface area (Å²) in [5, 5.41) is 0.778. The van der Waals surface area contributed by atoms with Gasteiger partial charge in [0.15, 0.2) is 5.13 Å². The Morgan fingerprint density at radius 3 is 2.30 bits per heavy atom. The van der Waals surface area contributed by atoms with E-state index in [1.807, 2.05) is 35.4 Å². The molecule has 0 aliphatic carbocycles. The van der Waals surface area contributed by atoms with Crippen molar-refractivity contribution in [3.8, 4) is 0 Å². The minimum absolute atomic E-state index is 0. The highest BCUT2D eigenvalue weighted by atomic mass is 35.5. The molecule has 3 aromatic rings. The van der Waals surface area contributed by atoms with Gasteiger partial charge in [-0.1, -0.05) is 31.3 Å². The zero-order valence-corrected chi connectivity index (χ0v) is 20.7. The molecular formula is C23H30ClN3OS2. The summed E-state index contributed by atoms with van der Waals surface area (Å²) in [4.78, 5) is 23.7. The Kier molecular flexibility index (Phi) is 9.16. The van der Waals surface area contributed by atoms with Gasteiger partial charge in [0, 0.05) is 23.5 Å². The van der Waals surface area contributed by atoms with E-state index in [2.05, 4.69) is 44.7 Å². The lowest BCUT2D eigenvalue weighted by molar-refractivity contribution is 0.0983. The van der Waals surface area contributed by atoms with E-state index in [0.29, 0.717) is 12.1 Å². The zero-order chi connectivity index (χ0) is 21.0. The largest absolute Gasteiger partial charge is 0.302 e. The minimum Gasteiger partial charge on any atom is -0.302 e. The quantitative estimate of drug-likeness (QED) is 0.381. The van der Waals surface area contributed by atoms with Crippen LogP contribution in [0.5, 0.6) is 0 Å². The number of fused-ring (bicyclic) bond motifs is 1. The molecule has 1 heterocycles. The standard InChI is InChI=1S/C23H29N3OS2.ClH/c1-6-25(7-2)14-15-26(22(27)18-9-11-19(28-5)12-10-18)23-24-21-17(4)16(3)8-13-20(21)29-23;/h8-13H,6-7,14-15H2,1-5H3;1H. The number of benzene rings is 2. The van der Waals surface area contributed by atoms with Crippen molar-refractivity contribution in [3.63, 3.8) is 0 Å². The fraction of sp³-hybridized carbons (Fsp3) is 0.391. The molecule has 0 spiro atoms. The highest BCUT2D eigenvalue weighted by Gasteiger charge is 2.22. The molecule has 0 bridgehead atoms. The molecule has 7 heteroatoms. The lowest BCUT2D eigenvalue weighted by Gasteiger charge is -2.24. The van der Waals surface area contributed by atoms with Crippen LogP contribution in [0.2, 0.25) is 0 Å². The number of hydrogen-bond acceptors (Lipinski definition) is 5. The van der Waals surface area contributed by atoms with E-state index in [1.165, 1.54) is 11.1 Å². The van der Waals surface area contributed by atoms with Crippen molar-refractivity contribution in [3.05, 3.63) is 53.1 Å². The van der Waals surface area contributed by atoms with E-state index >= 15 is 0 Å². The number of anilines is 1. The summed E-state index contributed by atoms with van der Waals surface area (Å²) in [5.41, 5.74) is 4.12. The van der Waals surface area contributed by atoms with Crippen LogP contribution in [-0.2, 0) is 0 Å². The molecular weight excluding hydrogens is 434 g/mol. The molecule has 0 atom stereocenters. The number of nitrogens with zero attached hydrogens (tertiary/aromatic N) is 3. The number of aryl methyl sites for hydroxylation is 2. The van der Waals surface area contributed by atoms with Gasteiger partial charge in [0.25, 0.3) is 5.91 Å². The van der Waals surface area contributed by atoms with Gasteiger partial charge in [-0.2, -0.15) is 0 Å². The molecule has 30 heavy (non-hydrogen) atoms. The number of carbonyl (C=O) groups excluding carboxylic acids is 1. The third kappa shape index (κ3) is 5.35. The van der Waals surface area contributed by atoms with Gasteiger partial charge >= 0.3 is 0 Å². The Labute approximate surface area is 194 Å². The second-order valence-corrected chi connectivity index (χ2v) is 8.95. The molecule has 162 valence electrons. The van der Waals surface area contributed by atoms with Crippen molar-refractivity contribution in [1.82, 2.24) is 9.88 Å².